The molecule has 0 bridgehead atoms. The molecule has 0 spiro atoms. The topological polar surface area (TPSA) is 53.2 Å². The van der Waals surface area contributed by atoms with E-state index in [-0.39, 0.29) is 26.9 Å². The molecule has 0 atom stereocenters. The Hall–Kier alpha value is -1.46. The van der Waals surface area contributed by atoms with Crippen molar-refractivity contribution in [3.05, 3.63) is 82.4 Å². The van der Waals surface area contributed by atoms with Gasteiger partial charge in [0.05, 0.1) is 11.4 Å². The van der Waals surface area contributed by atoms with Gasteiger partial charge in [0.25, 0.3) is 0 Å². The zero-order chi connectivity index (χ0) is 20.5. The zero-order valence-corrected chi connectivity index (χ0v) is 21.2. The number of hydroxylamine groups is 1. The molecule has 0 saturated carbocycles. The van der Waals surface area contributed by atoms with Gasteiger partial charge in [0, 0.05) is 29.2 Å². The molecule has 0 radical (unpaired) electrons. The van der Waals surface area contributed by atoms with Crippen molar-refractivity contribution in [2.24, 2.45) is 4.99 Å². The van der Waals surface area contributed by atoms with Crippen molar-refractivity contribution in [1.82, 2.24) is 4.90 Å². The van der Waals surface area contributed by atoms with Gasteiger partial charge in [0.2, 0.25) is 0 Å². The van der Waals surface area contributed by atoms with E-state index < -0.39 is 0 Å². The molecular weight excluding hydrogens is 576 g/mol. The maximum Gasteiger partial charge on any atom is 2.00 e. The minimum absolute atomic E-state index is 0. The first-order chi connectivity index (χ1) is 13.4. The van der Waals surface area contributed by atoms with E-state index in [0.717, 1.165) is 28.6 Å². The first-order valence-corrected chi connectivity index (χ1v) is 9.89. The zero-order valence-electron chi connectivity index (χ0n) is 16.7. The molecule has 29 heavy (non-hydrogen) atoms. The van der Waals surface area contributed by atoms with Crippen LogP contribution in [0.4, 0.5) is 5.69 Å². The summed E-state index contributed by atoms with van der Waals surface area (Å²) >= 11 is 11.0. The summed E-state index contributed by atoms with van der Waals surface area (Å²) in [5.74, 6) is 0.241. The molecule has 0 aliphatic carbocycles. The minimum atomic E-state index is 0. The summed E-state index contributed by atoms with van der Waals surface area (Å²) in [7, 11) is 1.56. The largest absolute Gasteiger partial charge is 2.00 e. The van der Waals surface area contributed by atoms with Gasteiger partial charge < -0.3 is 27.8 Å². The predicted octanol–water partition coefficient (Wildman–Crippen LogP) is 5.02. The third-order valence-electron chi connectivity index (χ3n) is 4.10. The normalized spacial score (nSPS) is 12.8. The number of hydrogen-bond acceptors (Lipinski definition) is 5. The van der Waals surface area contributed by atoms with Crippen LogP contribution in [0.5, 0.6) is 0 Å². The molecule has 8 heteroatoms. The van der Waals surface area contributed by atoms with E-state index in [1.165, 1.54) is 0 Å². The SMILES string of the molecule is CC(C)N1C=C[N-]C1.CN(O)c1ccc(Cl)cc1/C(=N\C[S-])c1ccccc1.[W+2]. The first kappa shape index (κ1) is 25.6. The van der Waals surface area contributed by atoms with Crippen molar-refractivity contribution < 1.29 is 26.3 Å². The Morgan fingerprint density at radius 1 is 1.28 bits per heavy atom. The number of anilines is 1. The van der Waals surface area contributed by atoms with Gasteiger partial charge in [-0.2, -0.15) is 6.20 Å². The molecule has 1 heterocycles. The number of benzene rings is 2. The maximum absolute atomic E-state index is 9.77. The van der Waals surface area contributed by atoms with Gasteiger partial charge in [-0.25, -0.2) is 0 Å². The summed E-state index contributed by atoms with van der Waals surface area (Å²) in [5, 5.41) is 15.4. The van der Waals surface area contributed by atoms with Gasteiger partial charge in [-0.15, -0.1) is 0 Å². The standard InChI is InChI=1S/C15H15ClN2OS.C6H11N2.W/c1-18(19)14-8-7-12(16)9-13(14)15(17-10-20)11-5-3-2-4-6-11;1-6(2)8-4-3-7-5-8;/h2-9,19-20H,10H2,1H3;3-4,6H,5H2,1-2H3;/q;-1;+2/p-1/b17-15-;;. The fraction of sp³-hybridized carbons (Fsp3) is 0.286. The Morgan fingerprint density at radius 2 is 1.97 bits per heavy atom. The van der Waals surface area contributed by atoms with Crippen molar-refractivity contribution in [1.29, 1.82) is 0 Å². The van der Waals surface area contributed by atoms with E-state index in [0.29, 0.717) is 16.8 Å². The fourth-order valence-corrected chi connectivity index (χ4v) is 2.93. The molecule has 0 aromatic heterocycles. The van der Waals surface area contributed by atoms with Crippen LogP contribution in [-0.2, 0) is 33.7 Å². The average Bonchev–Trinajstić information content (AvgIpc) is 3.22. The Kier molecular flexibility index (Phi) is 11.4. The Morgan fingerprint density at radius 3 is 2.45 bits per heavy atom. The van der Waals surface area contributed by atoms with Crippen LogP contribution in [0, 0.1) is 0 Å². The van der Waals surface area contributed by atoms with Crippen molar-refractivity contribution in [2.45, 2.75) is 19.9 Å². The molecular formula is C21H25ClN4OSW. The maximum atomic E-state index is 9.77. The molecule has 154 valence electrons. The quantitative estimate of drug-likeness (QED) is 0.298. The number of hydrogen-bond donors (Lipinski definition) is 1. The van der Waals surface area contributed by atoms with Gasteiger partial charge in [-0.1, -0.05) is 54.5 Å². The van der Waals surface area contributed by atoms with Crippen LogP contribution in [0.3, 0.4) is 0 Å². The fourth-order valence-electron chi connectivity index (χ4n) is 2.63. The third kappa shape index (κ3) is 7.71. The van der Waals surface area contributed by atoms with Crippen molar-refractivity contribution in [3.8, 4) is 0 Å². The van der Waals surface area contributed by atoms with Crippen molar-refractivity contribution >= 4 is 35.6 Å². The van der Waals surface area contributed by atoms with Crippen molar-refractivity contribution in [3.63, 3.8) is 0 Å². The second kappa shape index (κ2) is 13.0. The van der Waals surface area contributed by atoms with E-state index in [2.05, 4.69) is 29.1 Å². The molecule has 0 fully saturated rings. The molecule has 1 N–H and O–H groups in total. The Balaban J connectivity index is 0.000000394. The van der Waals surface area contributed by atoms with Crippen LogP contribution >= 0.6 is 11.6 Å². The molecule has 1 aliphatic rings. The number of aliphatic imine (C=N–C) groups is 1. The van der Waals surface area contributed by atoms with Crippen LogP contribution in [0.1, 0.15) is 25.0 Å². The molecule has 0 unspecified atom stereocenters. The summed E-state index contributed by atoms with van der Waals surface area (Å²) in [4.78, 5) is 6.56. The molecule has 1 aliphatic heterocycles. The summed E-state index contributed by atoms with van der Waals surface area (Å²) in [5.41, 5.74) is 3.03. The Bertz CT molecular complexity index is 816. The van der Waals surface area contributed by atoms with Crippen LogP contribution in [0.2, 0.25) is 5.02 Å². The average molecular weight is 601 g/mol. The summed E-state index contributed by atoms with van der Waals surface area (Å²) in [6.45, 7) is 5.16. The first-order valence-electron chi connectivity index (χ1n) is 8.93. The van der Waals surface area contributed by atoms with Gasteiger partial charge >= 0.3 is 21.1 Å². The summed E-state index contributed by atoms with van der Waals surface area (Å²) in [6, 6.07) is 15.5. The predicted molar refractivity (Wildman–Crippen MR) is 120 cm³/mol. The molecule has 3 rings (SSSR count). The second-order valence-corrected chi connectivity index (χ2v) is 7.11. The number of rotatable bonds is 5. The van der Waals surface area contributed by atoms with Gasteiger partial charge in [0.15, 0.2) is 0 Å². The van der Waals surface area contributed by atoms with Gasteiger partial charge in [-0.05, 0) is 38.2 Å². The Labute approximate surface area is 198 Å². The van der Waals surface area contributed by atoms with Crippen LogP contribution < -0.4 is 5.06 Å². The van der Waals surface area contributed by atoms with E-state index >= 15 is 0 Å². The third-order valence-corrected chi connectivity index (χ3v) is 4.47. The van der Waals surface area contributed by atoms with E-state index in [9.17, 15) is 5.21 Å². The van der Waals surface area contributed by atoms with E-state index in [1.54, 1.807) is 25.2 Å². The summed E-state index contributed by atoms with van der Waals surface area (Å²) < 4.78 is 0. The second-order valence-electron chi connectivity index (χ2n) is 6.42. The molecule has 2 aromatic carbocycles. The molecule has 0 saturated heterocycles. The van der Waals surface area contributed by atoms with Crippen molar-refractivity contribution in [2.75, 3.05) is 24.7 Å². The van der Waals surface area contributed by atoms with Crippen LogP contribution in [0.15, 0.2) is 65.9 Å². The van der Waals surface area contributed by atoms with E-state index in [4.69, 9.17) is 24.2 Å². The summed E-state index contributed by atoms with van der Waals surface area (Å²) in [6.07, 6.45) is 3.87. The molecule has 2 aromatic rings. The molecule has 5 nitrogen and oxygen atoms in total. The van der Waals surface area contributed by atoms with Gasteiger partial charge in [0.1, 0.15) is 0 Å². The number of nitrogens with zero attached hydrogens (tertiary/aromatic N) is 4. The smallest absolute Gasteiger partial charge is 0.770 e. The van der Waals surface area contributed by atoms with Crippen LogP contribution in [0.25, 0.3) is 5.32 Å². The molecule has 0 amide bonds. The van der Waals surface area contributed by atoms with Crippen LogP contribution in [-0.4, -0.2) is 41.5 Å². The minimum Gasteiger partial charge on any atom is -0.770 e. The number of halogens is 1. The van der Waals surface area contributed by atoms with E-state index in [1.807, 2.05) is 42.7 Å². The monoisotopic (exact) mass is 600 g/mol. The van der Waals surface area contributed by atoms with Gasteiger partial charge in [-0.3, -0.25) is 10.3 Å².